The maximum atomic E-state index is 13.4. The number of aryl methyl sites for hydroxylation is 1. The van der Waals surface area contributed by atoms with Gasteiger partial charge in [-0.05, 0) is 67.4 Å². The number of anilines is 1. The molecule has 3 aromatic carbocycles. The summed E-state index contributed by atoms with van der Waals surface area (Å²) >= 11 is 0. The minimum Gasteiger partial charge on any atom is -0.493 e. The Morgan fingerprint density at radius 3 is 2.31 bits per heavy atom. The third-order valence-corrected chi connectivity index (χ3v) is 5.24. The van der Waals surface area contributed by atoms with Crippen LogP contribution in [0.2, 0.25) is 0 Å². The number of fused-ring (bicyclic) bond motifs is 1. The summed E-state index contributed by atoms with van der Waals surface area (Å²) in [5.74, 6) is -1.19. The number of nitrogens with zero attached hydrogens (tertiary/aromatic N) is 1. The Morgan fingerprint density at radius 1 is 1.00 bits per heavy atom. The molecule has 7 heteroatoms. The Bertz CT molecular complexity index is 1200. The highest BCUT2D eigenvalue weighted by Gasteiger charge is 2.35. The molecule has 0 saturated heterocycles. The van der Waals surface area contributed by atoms with Crippen LogP contribution in [0.15, 0.2) is 60.7 Å². The van der Waals surface area contributed by atoms with Crippen LogP contribution in [-0.4, -0.2) is 29.2 Å². The van der Waals surface area contributed by atoms with Crippen LogP contribution < -0.4 is 10.1 Å². The second kappa shape index (κ2) is 8.63. The molecule has 0 saturated carbocycles. The van der Waals surface area contributed by atoms with Gasteiger partial charge >= 0.3 is 0 Å². The molecule has 4 rings (SSSR count). The van der Waals surface area contributed by atoms with Gasteiger partial charge in [0.1, 0.15) is 11.6 Å². The van der Waals surface area contributed by atoms with E-state index in [0.29, 0.717) is 40.3 Å². The van der Waals surface area contributed by atoms with Crippen molar-refractivity contribution in [3.8, 4) is 5.75 Å². The fourth-order valence-corrected chi connectivity index (χ4v) is 3.66. The van der Waals surface area contributed by atoms with Crippen molar-refractivity contribution < 1.29 is 23.5 Å². The summed E-state index contributed by atoms with van der Waals surface area (Å²) < 4.78 is 19.0. The highest BCUT2D eigenvalue weighted by molar-refractivity contribution is 6.21. The van der Waals surface area contributed by atoms with Crippen LogP contribution in [0.25, 0.3) is 0 Å². The standard InChI is InChI=1S/C25H21FN2O4/c1-3-32-22-11-8-16(14-28-24(30)18-6-4-5-7-19(18)25(28)31)13-20(22)23(29)27-21-10-9-17(26)12-15(21)2/h4-13H,3,14H2,1-2H3,(H,27,29). The predicted octanol–water partition coefficient (Wildman–Crippen LogP) is 4.58. The zero-order chi connectivity index (χ0) is 22.8. The van der Waals surface area contributed by atoms with Crippen LogP contribution in [0.1, 0.15) is 49.1 Å². The number of amides is 3. The van der Waals surface area contributed by atoms with E-state index in [1.807, 2.05) is 0 Å². The zero-order valence-corrected chi connectivity index (χ0v) is 17.6. The van der Waals surface area contributed by atoms with Gasteiger partial charge in [-0.15, -0.1) is 0 Å². The average molecular weight is 432 g/mol. The monoisotopic (exact) mass is 432 g/mol. The van der Waals surface area contributed by atoms with Gasteiger partial charge in [-0.1, -0.05) is 18.2 Å². The lowest BCUT2D eigenvalue weighted by molar-refractivity contribution is 0.0642. The molecular weight excluding hydrogens is 411 g/mol. The van der Waals surface area contributed by atoms with Crippen LogP contribution in [0.5, 0.6) is 5.75 Å². The van der Waals surface area contributed by atoms with E-state index in [1.54, 1.807) is 56.3 Å². The molecule has 0 bridgehead atoms. The van der Waals surface area contributed by atoms with Crippen LogP contribution in [0.3, 0.4) is 0 Å². The Balaban J connectivity index is 1.61. The lowest BCUT2D eigenvalue weighted by atomic mass is 10.1. The van der Waals surface area contributed by atoms with Crippen LogP contribution in [0.4, 0.5) is 10.1 Å². The lowest BCUT2D eigenvalue weighted by Crippen LogP contribution is -2.29. The van der Waals surface area contributed by atoms with E-state index in [4.69, 9.17) is 4.74 Å². The molecule has 162 valence electrons. The maximum Gasteiger partial charge on any atom is 0.261 e. The van der Waals surface area contributed by atoms with Crippen molar-refractivity contribution in [2.24, 2.45) is 0 Å². The van der Waals surface area contributed by atoms with E-state index in [-0.39, 0.29) is 23.9 Å². The van der Waals surface area contributed by atoms with Crippen molar-refractivity contribution in [1.82, 2.24) is 4.90 Å². The quantitative estimate of drug-likeness (QED) is 0.579. The van der Waals surface area contributed by atoms with E-state index in [0.717, 1.165) is 4.90 Å². The molecule has 1 N–H and O–H groups in total. The first-order valence-electron chi connectivity index (χ1n) is 10.2. The molecule has 3 amide bonds. The van der Waals surface area contributed by atoms with E-state index in [2.05, 4.69) is 5.32 Å². The Kier molecular flexibility index (Phi) is 5.73. The first-order valence-corrected chi connectivity index (χ1v) is 10.2. The molecule has 1 aliphatic heterocycles. The molecule has 0 radical (unpaired) electrons. The summed E-state index contributed by atoms with van der Waals surface area (Å²) in [5.41, 5.74) is 2.65. The van der Waals surface area contributed by atoms with Crippen molar-refractivity contribution in [2.75, 3.05) is 11.9 Å². The fourth-order valence-electron chi connectivity index (χ4n) is 3.66. The molecule has 0 unspecified atom stereocenters. The highest BCUT2D eigenvalue weighted by Crippen LogP contribution is 2.27. The summed E-state index contributed by atoms with van der Waals surface area (Å²) in [6.45, 7) is 3.88. The Hall–Kier alpha value is -4.00. The van der Waals surface area contributed by atoms with Gasteiger partial charge in [0.15, 0.2) is 0 Å². The van der Waals surface area contributed by atoms with Crippen molar-refractivity contribution in [2.45, 2.75) is 20.4 Å². The van der Waals surface area contributed by atoms with Gasteiger partial charge in [-0.2, -0.15) is 0 Å². The van der Waals surface area contributed by atoms with Gasteiger partial charge in [-0.3, -0.25) is 19.3 Å². The van der Waals surface area contributed by atoms with Gasteiger partial charge in [0, 0.05) is 5.69 Å². The largest absolute Gasteiger partial charge is 0.493 e. The summed E-state index contributed by atoms with van der Waals surface area (Å²) in [4.78, 5) is 39.5. The zero-order valence-electron chi connectivity index (χ0n) is 17.6. The number of carbonyl (C=O) groups excluding carboxylic acids is 3. The topological polar surface area (TPSA) is 75.7 Å². The maximum absolute atomic E-state index is 13.4. The van der Waals surface area contributed by atoms with Crippen LogP contribution in [-0.2, 0) is 6.54 Å². The fraction of sp³-hybridized carbons (Fsp3) is 0.160. The van der Waals surface area contributed by atoms with Gasteiger partial charge in [0.25, 0.3) is 17.7 Å². The molecule has 0 fully saturated rings. The molecule has 0 atom stereocenters. The van der Waals surface area contributed by atoms with Crippen molar-refractivity contribution in [3.63, 3.8) is 0 Å². The van der Waals surface area contributed by atoms with Crippen LogP contribution in [0, 0.1) is 12.7 Å². The minimum absolute atomic E-state index is 0.0224. The summed E-state index contributed by atoms with van der Waals surface area (Å²) in [6.07, 6.45) is 0. The average Bonchev–Trinajstić information content (AvgIpc) is 3.02. The second-order valence-electron chi connectivity index (χ2n) is 7.42. The molecule has 0 spiro atoms. The minimum atomic E-state index is -0.438. The van der Waals surface area contributed by atoms with Gasteiger partial charge in [0.05, 0.1) is 29.8 Å². The van der Waals surface area contributed by atoms with Crippen LogP contribution >= 0.6 is 0 Å². The number of carbonyl (C=O) groups is 3. The summed E-state index contributed by atoms with van der Waals surface area (Å²) in [5, 5.41) is 2.77. The molecule has 6 nitrogen and oxygen atoms in total. The molecule has 1 heterocycles. The van der Waals surface area contributed by atoms with E-state index < -0.39 is 11.7 Å². The Labute approximate surface area is 184 Å². The molecule has 0 aromatic heterocycles. The third kappa shape index (κ3) is 3.97. The van der Waals surface area contributed by atoms with Gasteiger partial charge in [0.2, 0.25) is 0 Å². The third-order valence-electron chi connectivity index (χ3n) is 5.24. The molecular formula is C25H21FN2O4. The second-order valence-corrected chi connectivity index (χ2v) is 7.42. The number of benzene rings is 3. The van der Waals surface area contributed by atoms with Gasteiger partial charge in [-0.25, -0.2) is 4.39 Å². The van der Waals surface area contributed by atoms with Crippen molar-refractivity contribution in [1.29, 1.82) is 0 Å². The summed E-state index contributed by atoms with van der Waals surface area (Å²) in [6, 6.07) is 15.7. The van der Waals surface area contributed by atoms with Gasteiger partial charge < -0.3 is 10.1 Å². The van der Waals surface area contributed by atoms with E-state index in [1.165, 1.54) is 18.2 Å². The number of hydrogen-bond acceptors (Lipinski definition) is 4. The Morgan fingerprint density at radius 2 is 1.69 bits per heavy atom. The van der Waals surface area contributed by atoms with Crippen molar-refractivity contribution in [3.05, 3.63) is 94.3 Å². The number of halogens is 1. The predicted molar refractivity (Wildman–Crippen MR) is 117 cm³/mol. The molecule has 32 heavy (non-hydrogen) atoms. The molecule has 1 aliphatic rings. The lowest BCUT2D eigenvalue weighted by Gasteiger charge is -2.17. The number of rotatable bonds is 6. The smallest absolute Gasteiger partial charge is 0.261 e. The van der Waals surface area contributed by atoms with E-state index >= 15 is 0 Å². The number of ether oxygens (including phenoxy) is 1. The number of nitrogens with one attached hydrogen (secondary N) is 1. The number of imide groups is 1. The normalized spacial score (nSPS) is 12.7. The molecule has 0 aliphatic carbocycles. The molecule has 3 aromatic rings. The number of hydrogen-bond donors (Lipinski definition) is 1. The first kappa shape index (κ1) is 21.2. The SMILES string of the molecule is CCOc1ccc(CN2C(=O)c3ccccc3C2=O)cc1C(=O)Nc1ccc(F)cc1C. The summed E-state index contributed by atoms with van der Waals surface area (Å²) in [7, 11) is 0. The highest BCUT2D eigenvalue weighted by atomic mass is 19.1. The first-order chi connectivity index (χ1) is 15.4. The van der Waals surface area contributed by atoms with E-state index in [9.17, 15) is 18.8 Å². The van der Waals surface area contributed by atoms with Crippen molar-refractivity contribution >= 4 is 23.4 Å².